The van der Waals surface area contributed by atoms with E-state index < -0.39 is 53.8 Å². The van der Waals surface area contributed by atoms with Crippen molar-refractivity contribution >= 4 is 17.7 Å². The highest BCUT2D eigenvalue weighted by Crippen LogP contribution is 2.59. The molecule has 2 heterocycles. The molecule has 1 saturated heterocycles. The van der Waals surface area contributed by atoms with Crippen LogP contribution in [0.15, 0.2) is 12.4 Å². The Morgan fingerprint density at radius 3 is 1.97 bits per heavy atom. The molecular weight excluding hydrogens is 479 g/mol. The quantitative estimate of drug-likeness (QED) is 0.638. The van der Waals surface area contributed by atoms with Crippen molar-refractivity contribution < 1.29 is 53.8 Å². The molecule has 0 aromatic carbocycles. The van der Waals surface area contributed by atoms with Gasteiger partial charge in [0.1, 0.15) is 0 Å². The topological polar surface area (TPSA) is 84.4 Å². The van der Waals surface area contributed by atoms with E-state index >= 15 is 0 Å². The summed E-state index contributed by atoms with van der Waals surface area (Å²) < 4.78 is 116. The van der Waals surface area contributed by atoms with Gasteiger partial charge in [-0.3, -0.25) is 4.79 Å². The van der Waals surface area contributed by atoms with E-state index in [1.807, 2.05) is 0 Å². The molecule has 0 radical (unpaired) electrons. The second-order valence-corrected chi connectivity index (χ2v) is 7.74. The zero-order valence-electron chi connectivity index (χ0n) is 16.3. The van der Waals surface area contributed by atoms with Crippen LogP contribution in [0.25, 0.3) is 0 Å². The lowest BCUT2D eigenvalue weighted by molar-refractivity contribution is -0.308. The van der Waals surface area contributed by atoms with Crippen LogP contribution in [0.5, 0.6) is 0 Å². The average molecular weight is 494 g/mol. The number of rotatable bonds is 3. The van der Waals surface area contributed by atoms with E-state index in [2.05, 4.69) is 20.0 Å². The second-order valence-electron chi connectivity index (χ2n) is 7.74. The monoisotopic (exact) mass is 494 g/mol. The predicted molar refractivity (Wildman–Crippen MR) is 89.4 cm³/mol. The van der Waals surface area contributed by atoms with Gasteiger partial charge in [0.2, 0.25) is 11.7 Å². The number of amides is 2. The van der Waals surface area contributed by atoms with E-state index in [1.54, 1.807) is 0 Å². The first-order chi connectivity index (χ1) is 15.0. The fraction of sp³-hybridized carbons (Fsp3) is 0.647. The van der Waals surface area contributed by atoms with Crippen molar-refractivity contribution in [2.45, 2.75) is 43.9 Å². The maximum atomic E-state index is 12.6. The molecule has 1 aliphatic carbocycles. The van der Waals surface area contributed by atoms with Gasteiger partial charge in [-0.15, -0.1) is 0 Å². The fourth-order valence-corrected chi connectivity index (χ4v) is 3.67. The lowest BCUT2D eigenvalue weighted by Gasteiger charge is -2.33. The molecule has 184 valence electrons. The first-order valence-corrected chi connectivity index (χ1v) is 9.32. The Kier molecular flexibility index (Phi) is 6.17. The predicted octanol–water partition coefficient (Wildman–Crippen LogP) is 4.17. The molecule has 1 N–H and O–H groups in total. The summed E-state index contributed by atoms with van der Waals surface area (Å²) in [5, 5.41) is 2.36. The summed E-state index contributed by atoms with van der Waals surface area (Å²) in [6.45, 7) is -0.455. The lowest BCUT2D eigenvalue weighted by Crippen LogP contribution is -2.49. The van der Waals surface area contributed by atoms with Crippen molar-refractivity contribution in [3.05, 3.63) is 18.2 Å². The molecule has 33 heavy (non-hydrogen) atoms. The number of halogens is 9. The number of aromatic nitrogens is 2. The molecule has 1 aliphatic heterocycles. The van der Waals surface area contributed by atoms with Crippen LogP contribution in [-0.4, -0.2) is 58.4 Å². The minimum absolute atomic E-state index is 0.0820. The van der Waals surface area contributed by atoms with Gasteiger partial charge >= 0.3 is 24.6 Å². The largest absolute Gasteiger partial charge is 0.451 e. The molecule has 7 nitrogen and oxygen atoms in total. The van der Waals surface area contributed by atoms with Crippen molar-refractivity contribution in [3.8, 4) is 0 Å². The van der Waals surface area contributed by atoms with Crippen LogP contribution in [0.1, 0.15) is 25.1 Å². The standard InChI is InChI=1S/C17H15F9N4O3/c18-15(19,20)11(16(21,22)23)33-13(32)30-3-1-14(2-4-30)5-9(14)10(31)29-8-6-27-12(28-7-8)17(24,25)26/h6-7,9,11H,1-5H2,(H,29,31)/t9-/m1/s1. The van der Waals surface area contributed by atoms with E-state index in [0.717, 1.165) is 12.4 Å². The van der Waals surface area contributed by atoms with E-state index in [-0.39, 0.29) is 31.6 Å². The number of carbonyl (C=O) groups is 2. The van der Waals surface area contributed by atoms with Crippen molar-refractivity contribution in [3.63, 3.8) is 0 Å². The maximum Gasteiger partial charge on any atom is 0.451 e. The number of hydrogen-bond acceptors (Lipinski definition) is 5. The van der Waals surface area contributed by atoms with Gasteiger partial charge in [0.25, 0.3) is 6.10 Å². The Morgan fingerprint density at radius 2 is 1.52 bits per heavy atom. The Bertz CT molecular complexity index is 877. The molecule has 2 amide bonds. The molecule has 1 atom stereocenters. The normalized spacial score (nSPS) is 20.7. The zero-order valence-corrected chi connectivity index (χ0v) is 16.3. The molecule has 3 rings (SSSR count). The third-order valence-corrected chi connectivity index (χ3v) is 5.51. The first kappa shape index (κ1) is 24.8. The number of nitrogens with zero attached hydrogens (tertiary/aromatic N) is 3. The van der Waals surface area contributed by atoms with Crippen LogP contribution < -0.4 is 5.32 Å². The van der Waals surface area contributed by atoms with Crippen molar-refractivity contribution in [2.24, 2.45) is 11.3 Å². The highest BCUT2D eigenvalue weighted by Gasteiger charge is 2.61. The lowest BCUT2D eigenvalue weighted by atomic mass is 9.91. The van der Waals surface area contributed by atoms with Crippen molar-refractivity contribution in [2.75, 3.05) is 18.4 Å². The molecule has 0 unspecified atom stereocenters. The van der Waals surface area contributed by atoms with Crippen molar-refractivity contribution in [1.82, 2.24) is 14.9 Å². The molecule has 1 aromatic heterocycles. The van der Waals surface area contributed by atoms with Gasteiger partial charge in [-0.1, -0.05) is 0 Å². The molecule has 2 fully saturated rings. The number of hydrogen-bond donors (Lipinski definition) is 1. The van der Waals surface area contributed by atoms with Crippen LogP contribution in [0.2, 0.25) is 0 Å². The number of piperidine rings is 1. The summed E-state index contributed by atoms with van der Waals surface area (Å²) >= 11 is 0. The summed E-state index contributed by atoms with van der Waals surface area (Å²) in [6, 6.07) is 0. The van der Waals surface area contributed by atoms with Gasteiger partial charge in [-0.25, -0.2) is 14.8 Å². The zero-order chi connectivity index (χ0) is 24.8. The maximum absolute atomic E-state index is 12.6. The van der Waals surface area contributed by atoms with Gasteiger partial charge in [-0.05, 0) is 24.7 Å². The Hall–Kier alpha value is -2.81. The summed E-state index contributed by atoms with van der Waals surface area (Å²) in [7, 11) is 0. The van der Waals surface area contributed by atoms with E-state index in [4.69, 9.17) is 0 Å². The Morgan fingerprint density at radius 1 is 1.00 bits per heavy atom. The first-order valence-electron chi connectivity index (χ1n) is 9.32. The number of ether oxygens (including phenoxy) is 1. The molecule has 1 aromatic rings. The highest BCUT2D eigenvalue weighted by molar-refractivity contribution is 5.94. The van der Waals surface area contributed by atoms with Gasteiger partial charge in [0, 0.05) is 19.0 Å². The molecule has 0 bridgehead atoms. The van der Waals surface area contributed by atoms with Crippen LogP contribution in [0, 0.1) is 11.3 Å². The summed E-state index contributed by atoms with van der Waals surface area (Å²) in [5.74, 6) is -2.54. The van der Waals surface area contributed by atoms with E-state index in [0.29, 0.717) is 11.3 Å². The minimum Gasteiger partial charge on any atom is -0.426 e. The second kappa shape index (κ2) is 8.20. The fourth-order valence-electron chi connectivity index (χ4n) is 3.67. The van der Waals surface area contributed by atoms with Gasteiger partial charge in [0.05, 0.1) is 18.1 Å². The van der Waals surface area contributed by atoms with Gasteiger partial charge < -0.3 is 15.0 Å². The Labute approximate surface area is 179 Å². The molecule has 1 spiro atoms. The smallest absolute Gasteiger partial charge is 0.426 e. The minimum atomic E-state index is -5.83. The third-order valence-electron chi connectivity index (χ3n) is 5.51. The van der Waals surface area contributed by atoms with Gasteiger partial charge in [-0.2, -0.15) is 39.5 Å². The van der Waals surface area contributed by atoms with Crippen molar-refractivity contribution in [1.29, 1.82) is 0 Å². The average Bonchev–Trinajstić information content (AvgIpc) is 3.38. The molecule has 2 aliphatic rings. The molecular formula is C17H15F9N4O3. The third kappa shape index (κ3) is 5.58. The summed E-state index contributed by atoms with van der Waals surface area (Å²) in [4.78, 5) is 31.1. The van der Waals surface area contributed by atoms with E-state index in [9.17, 15) is 49.1 Å². The number of nitrogens with one attached hydrogen (secondary N) is 1. The number of anilines is 1. The van der Waals surface area contributed by atoms with Crippen LogP contribution in [-0.2, 0) is 15.7 Å². The van der Waals surface area contributed by atoms with E-state index in [1.165, 1.54) is 0 Å². The SMILES string of the molecule is O=C(Nc1cnc(C(F)(F)F)nc1)[C@H]1CC12CCN(C(=O)OC(C(F)(F)F)C(F)(F)F)CC2. The van der Waals surface area contributed by atoms with Gasteiger partial charge in [0.15, 0.2) is 0 Å². The summed E-state index contributed by atoms with van der Waals surface area (Å²) in [5.41, 5.74) is -0.706. The van der Waals surface area contributed by atoms with Crippen LogP contribution in [0.3, 0.4) is 0 Å². The number of carbonyl (C=O) groups excluding carboxylic acids is 2. The molecule has 1 saturated carbocycles. The van der Waals surface area contributed by atoms with Crippen LogP contribution in [0.4, 0.5) is 50.0 Å². The summed E-state index contributed by atoms with van der Waals surface area (Å²) in [6.07, 6.45) is -20.3. The number of likely N-dealkylation sites (tertiary alicyclic amines) is 1. The number of alkyl halides is 9. The Balaban J connectivity index is 1.53. The highest BCUT2D eigenvalue weighted by atomic mass is 19.4. The van der Waals surface area contributed by atoms with Crippen LogP contribution >= 0.6 is 0 Å². The molecule has 16 heteroatoms.